The van der Waals surface area contributed by atoms with Gasteiger partial charge in [0.25, 0.3) is 0 Å². The number of nitrogens with zero attached hydrogens (tertiary/aromatic N) is 2. The Bertz CT molecular complexity index is 879. The predicted molar refractivity (Wildman–Crippen MR) is 102 cm³/mol. The average Bonchev–Trinajstić information content (AvgIpc) is 2.70. The number of aromatic nitrogens is 1. The third-order valence-electron chi connectivity index (χ3n) is 4.67. The zero-order chi connectivity index (χ0) is 19.3. The second-order valence-electron chi connectivity index (χ2n) is 6.45. The van der Waals surface area contributed by atoms with Crippen LogP contribution in [0.25, 0.3) is 0 Å². The molecule has 0 bridgehead atoms. The van der Waals surface area contributed by atoms with Crippen molar-refractivity contribution in [3.63, 3.8) is 0 Å². The van der Waals surface area contributed by atoms with E-state index in [1.54, 1.807) is 13.2 Å². The van der Waals surface area contributed by atoms with Gasteiger partial charge < -0.3 is 10.1 Å². The fraction of sp³-hybridized carbons (Fsp3) is 0.368. The zero-order valence-electron chi connectivity index (χ0n) is 15.2. The Morgan fingerprint density at radius 1 is 1.22 bits per heavy atom. The molecular weight excluding hydrogens is 366 g/mol. The maximum Gasteiger partial charge on any atom is 0.244 e. The summed E-state index contributed by atoms with van der Waals surface area (Å²) in [4.78, 5) is 16.7. The van der Waals surface area contributed by atoms with Gasteiger partial charge in [0, 0.05) is 49.8 Å². The van der Waals surface area contributed by atoms with Gasteiger partial charge in [0.05, 0.1) is 6.61 Å². The molecule has 0 atom stereocenters. The molecular formula is C19H23N3O4S. The molecule has 1 saturated heterocycles. The number of ether oxygens (including phenoxy) is 1. The minimum atomic E-state index is -3.56. The molecule has 2 aromatic rings. The van der Waals surface area contributed by atoms with E-state index in [1.165, 1.54) is 22.8 Å². The van der Waals surface area contributed by atoms with E-state index < -0.39 is 10.0 Å². The maximum absolute atomic E-state index is 12.6. The highest BCUT2D eigenvalue weighted by atomic mass is 32.2. The van der Waals surface area contributed by atoms with Crippen LogP contribution in [0.2, 0.25) is 0 Å². The number of nitrogens with one attached hydrogen (secondary N) is 1. The van der Waals surface area contributed by atoms with Crippen molar-refractivity contribution in [2.75, 3.05) is 25.5 Å². The van der Waals surface area contributed by atoms with E-state index in [-0.39, 0.29) is 16.7 Å². The highest BCUT2D eigenvalue weighted by Crippen LogP contribution is 2.25. The highest BCUT2D eigenvalue weighted by Gasteiger charge is 2.32. The van der Waals surface area contributed by atoms with Crippen LogP contribution in [-0.4, -0.2) is 43.8 Å². The molecule has 1 N–H and O–H groups in total. The topological polar surface area (TPSA) is 88.6 Å². The van der Waals surface area contributed by atoms with Crippen LogP contribution >= 0.6 is 0 Å². The first kappa shape index (κ1) is 19.5. The Kier molecular flexibility index (Phi) is 6.20. The van der Waals surface area contributed by atoms with Crippen molar-refractivity contribution in [3.05, 3.63) is 54.4 Å². The molecule has 7 nitrogen and oxygen atoms in total. The van der Waals surface area contributed by atoms with Gasteiger partial charge >= 0.3 is 0 Å². The van der Waals surface area contributed by atoms with Gasteiger partial charge in [-0.1, -0.05) is 18.2 Å². The number of carbonyl (C=O) groups excluding carboxylic acids is 1. The van der Waals surface area contributed by atoms with Gasteiger partial charge in [0.15, 0.2) is 0 Å². The molecule has 1 aliphatic rings. The molecule has 0 unspecified atom stereocenters. The van der Waals surface area contributed by atoms with E-state index in [4.69, 9.17) is 4.74 Å². The third-order valence-corrected chi connectivity index (χ3v) is 6.55. The van der Waals surface area contributed by atoms with Crippen LogP contribution in [0, 0.1) is 5.92 Å². The summed E-state index contributed by atoms with van der Waals surface area (Å²) >= 11 is 0. The first-order chi connectivity index (χ1) is 13.0. The minimum absolute atomic E-state index is 0.0861. The number of benzene rings is 1. The quantitative estimate of drug-likeness (QED) is 0.819. The number of amides is 1. The van der Waals surface area contributed by atoms with Gasteiger partial charge in [-0.25, -0.2) is 8.42 Å². The summed E-state index contributed by atoms with van der Waals surface area (Å²) in [7, 11) is -1.95. The normalized spacial score (nSPS) is 16.2. The maximum atomic E-state index is 12.6. The number of rotatable bonds is 6. The summed E-state index contributed by atoms with van der Waals surface area (Å²) in [5.74, 6) is -0.307. The second-order valence-corrected chi connectivity index (χ2v) is 8.38. The molecule has 2 heterocycles. The lowest BCUT2D eigenvalue weighted by Crippen LogP contribution is -2.41. The van der Waals surface area contributed by atoms with Crippen LogP contribution in [0.4, 0.5) is 5.69 Å². The SMILES string of the molecule is COCc1ccccc1NC(=O)C1CCN(S(=O)(=O)c2cccnc2)CC1. The standard InChI is InChI=1S/C19H23N3O4S/c1-26-14-16-5-2-3-7-18(16)21-19(23)15-8-11-22(12-9-15)27(24,25)17-6-4-10-20-13-17/h2-7,10,13,15H,8-9,11-12,14H2,1H3,(H,21,23). The highest BCUT2D eigenvalue weighted by molar-refractivity contribution is 7.89. The Hall–Kier alpha value is -2.29. The molecule has 144 valence electrons. The van der Waals surface area contributed by atoms with E-state index in [9.17, 15) is 13.2 Å². The number of para-hydroxylation sites is 1. The van der Waals surface area contributed by atoms with Crippen LogP contribution in [0.15, 0.2) is 53.7 Å². The van der Waals surface area contributed by atoms with Gasteiger partial charge in [-0.15, -0.1) is 0 Å². The number of anilines is 1. The Morgan fingerprint density at radius 2 is 1.96 bits per heavy atom. The Labute approximate surface area is 159 Å². The molecule has 3 rings (SSSR count). The summed E-state index contributed by atoms with van der Waals surface area (Å²) in [6, 6.07) is 10.6. The number of hydrogen-bond acceptors (Lipinski definition) is 5. The fourth-order valence-corrected chi connectivity index (χ4v) is 4.60. The van der Waals surface area contributed by atoms with E-state index >= 15 is 0 Å². The molecule has 0 saturated carbocycles. The summed E-state index contributed by atoms with van der Waals surface area (Å²) in [5, 5.41) is 2.95. The molecule has 1 aromatic heterocycles. The van der Waals surface area contributed by atoms with Crippen LogP contribution in [0.1, 0.15) is 18.4 Å². The summed E-state index contributed by atoms with van der Waals surface area (Å²) < 4.78 is 31.9. The van der Waals surface area contributed by atoms with Crippen LogP contribution in [0.3, 0.4) is 0 Å². The molecule has 1 fully saturated rings. The fourth-order valence-electron chi connectivity index (χ4n) is 3.17. The second kappa shape index (κ2) is 8.60. The largest absolute Gasteiger partial charge is 0.380 e. The number of hydrogen-bond donors (Lipinski definition) is 1. The van der Waals surface area contributed by atoms with E-state index in [1.807, 2.05) is 24.3 Å². The van der Waals surface area contributed by atoms with Crippen molar-refractivity contribution in [1.82, 2.24) is 9.29 Å². The van der Waals surface area contributed by atoms with Gasteiger partial charge in [-0.3, -0.25) is 9.78 Å². The predicted octanol–water partition coefficient (Wildman–Crippen LogP) is 2.27. The zero-order valence-corrected chi connectivity index (χ0v) is 16.0. The lowest BCUT2D eigenvalue weighted by atomic mass is 9.97. The average molecular weight is 389 g/mol. The lowest BCUT2D eigenvalue weighted by Gasteiger charge is -2.30. The van der Waals surface area contributed by atoms with Crippen molar-refractivity contribution >= 4 is 21.6 Å². The molecule has 1 aliphatic heterocycles. The van der Waals surface area contributed by atoms with Crippen molar-refractivity contribution in [2.24, 2.45) is 5.92 Å². The first-order valence-electron chi connectivity index (χ1n) is 8.80. The summed E-state index contributed by atoms with van der Waals surface area (Å²) in [6.45, 7) is 1.04. The number of carbonyl (C=O) groups is 1. The molecule has 0 radical (unpaired) electrons. The van der Waals surface area contributed by atoms with Crippen LogP contribution < -0.4 is 5.32 Å². The number of sulfonamides is 1. The van der Waals surface area contributed by atoms with E-state index in [0.717, 1.165) is 11.3 Å². The molecule has 1 amide bonds. The third kappa shape index (κ3) is 4.52. The minimum Gasteiger partial charge on any atom is -0.380 e. The van der Waals surface area contributed by atoms with Crippen molar-refractivity contribution in [1.29, 1.82) is 0 Å². The molecule has 27 heavy (non-hydrogen) atoms. The number of methoxy groups -OCH3 is 1. The Morgan fingerprint density at radius 3 is 2.63 bits per heavy atom. The van der Waals surface area contributed by atoms with Crippen molar-refractivity contribution in [2.45, 2.75) is 24.3 Å². The summed E-state index contributed by atoms with van der Waals surface area (Å²) in [5.41, 5.74) is 1.64. The van der Waals surface area contributed by atoms with Crippen LogP contribution in [-0.2, 0) is 26.2 Å². The number of piperidine rings is 1. The van der Waals surface area contributed by atoms with Gasteiger partial charge in [0.1, 0.15) is 4.90 Å². The van der Waals surface area contributed by atoms with Gasteiger partial charge in [0.2, 0.25) is 15.9 Å². The first-order valence-corrected chi connectivity index (χ1v) is 10.2. The summed E-state index contributed by atoms with van der Waals surface area (Å²) in [6.07, 6.45) is 3.85. The molecule has 0 spiro atoms. The molecule has 0 aliphatic carbocycles. The van der Waals surface area contributed by atoms with Crippen molar-refractivity contribution in [3.8, 4) is 0 Å². The molecule has 1 aromatic carbocycles. The monoisotopic (exact) mass is 389 g/mol. The lowest BCUT2D eigenvalue weighted by molar-refractivity contribution is -0.120. The smallest absolute Gasteiger partial charge is 0.244 e. The Balaban J connectivity index is 1.62. The molecule has 8 heteroatoms. The van der Waals surface area contributed by atoms with Gasteiger partial charge in [-0.2, -0.15) is 4.31 Å². The van der Waals surface area contributed by atoms with Gasteiger partial charge in [-0.05, 0) is 31.0 Å². The van der Waals surface area contributed by atoms with E-state index in [2.05, 4.69) is 10.3 Å². The van der Waals surface area contributed by atoms with Crippen LogP contribution in [0.5, 0.6) is 0 Å². The number of pyridine rings is 1. The van der Waals surface area contributed by atoms with Crippen molar-refractivity contribution < 1.29 is 17.9 Å². The van der Waals surface area contributed by atoms with E-state index in [0.29, 0.717) is 32.5 Å².